The molecule has 118 valence electrons. The molecule has 1 unspecified atom stereocenters. The second kappa shape index (κ2) is 7.58. The van der Waals surface area contributed by atoms with Gasteiger partial charge in [0.1, 0.15) is 0 Å². The van der Waals surface area contributed by atoms with Gasteiger partial charge in [0.05, 0.1) is 11.9 Å². The van der Waals surface area contributed by atoms with Gasteiger partial charge in [0.15, 0.2) is 0 Å². The average molecular weight is 332 g/mol. The Morgan fingerprint density at radius 2 is 2.00 bits per heavy atom. The molecular weight excluding hydrogens is 310 g/mol. The molecule has 0 aromatic heterocycles. The zero-order chi connectivity index (χ0) is 15.3. The molecule has 1 aliphatic rings. The van der Waals surface area contributed by atoms with Gasteiger partial charge in [-0.3, -0.25) is 0 Å². The lowest BCUT2D eigenvalue weighted by molar-refractivity contribution is 0.0888. The maximum Gasteiger partial charge on any atom is 0.215 e. The molecule has 2 N–H and O–H groups in total. The molecule has 0 heterocycles. The highest BCUT2D eigenvalue weighted by Crippen LogP contribution is 2.26. The van der Waals surface area contributed by atoms with E-state index in [0.29, 0.717) is 10.6 Å². The van der Waals surface area contributed by atoms with Crippen molar-refractivity contribution in [3.8, 4) is 0 Å². The minimum Gasteiger partial charge on any atom is -0.391 e. The maximum atomic E-state index is 12.0. The number of hydrogen-bond acceptors (Lipinski definition) is 3. The summed E-state index contributed by atoms with van der Waals surface area (Å²) in [5, 5.41) is 10.6. The Hall–Kier alpha value is -0.620. The average Bonchev–Trinajstić information content (AvgIpc) is 2.45. The molecule has 0 spiro atoms. The van der Waals surface area contributed by atoms with Crippen LogP contribution >= 0.6 is 11.6 Å². The third kappa shape index (κ3) is 5.58. The van der Waals surface area contributed by atoms with Gasteiger partial charge in [-0.2, -0.15) is 0 Å². The van der Waals surface area contributed by atoms with Crippen molar-refractivity contribution in [3.05, 3.63) is 34.9 Å². The molecule has 6 heteroatoms. The van der Waals surface area contributed by atoms with E-state index < -0.39 is 16.1 Å². The summed E-state index contributed by atoms with van der Waals surface area (Å²) in [5.41, 5.74) is 0.641. The monoisotopic (exact) mass is 331 g/mol. The van der Waals surface area contributed by atoms with Crippen LogP contribution in [0.4, 0.5) is 0 Å². The smallest absolute Gasteiger partial charge is 0.215 e. The van der Waals surface area contributed by atoms with Crippen molar-refractivity contribution in [3.63, 3.8) is 0 Å². The van der Waals surface area contributed by atoms with E-state index in [1.807, 2.05) is 0 Å². The van der Waals surface area contributed by atoms with Crippen molar-refractivity contribution in [2.75, 3.05) is 6.54 Å². The van der Waals surface area contributed by atoms with E-state index in [0.717, 1.165) is 25.7 Å². The topological polar surface area (TPSA) is 66.4 Å². The number of rotatable bonds is 6. The lowest BCUT2D eigenvalue weighted by Crippen LogP contribution is -2.37. The Morgan fingerprint density at radius 1 is 1.29 bits per heavy atom. The van der Waals surface area contributed by atoms with Gasteiger partial charge in [-0.15, -0.1) is 0 Å². The summed E-state index contributed by atoms with van der Waals surface area (Å²) in [7, 11) is -3.45. The van der Waals surface area contributed by atoms with Crippen LogP contribution < -0.4 is 4.72 Å². The number of benzene rings is 1. The standard InChI is InChI=1S/C15H22ClNO3S/c16-14-8-4-5-12(9-14)11-21(19,20)17-10-15(18)13-6-2-1-3-7-13/h4-5,8-9,13,15,17-18H,1-3,6-7,10-11H2. The first-order chi connectivity index (χ1) is 9.96. The molecule has 0 bridgehead atoms. The molecule has 1 aromatic carbocycles. The zero-order valence-corrected chi connectivity index (χ0v) is 13.5. The molecule has 0 aliphatic heterocycles. The van der Waals surface area contributed by atoms with Gasteiger partial charge in [-0.1, -0.05) is 43.0 Å². The predicted molar refractivity (Wildman–Crippen MR) is 84.7 cm³/mol. The van der Waals surface area contributed by atoms with Crippen LogP contribution in [-0.2, 0) is 15.8 Å². The molecule has 1 aromatic rings. The third-order valence-electron chi connectivity index (χ3n) is 3.95. The predicted octanol–water partition coefficient (Wildman–Crippen LogP) is 2.70. The van der Waals surface area contributed by atoms with E-state index >= 15 is 0 Å². The van der Waals surface area contributed by atoms with Crippen LogP contribution in [0.2, 0.25) is 5.02 Å². The second-order valence-electron chi connectivity index (χ2n) is 5.70. The summed E-state index contributed by atoms with van der Waals surface area (Å²) >= 11 is 5.85. The Kier molecular flexibility index (Phi) is 6.05. The van der Waals surface area contributed by atoms with E-state index in [4.69, 9.17) is 11.6 Å². The lowest BCUT2D eigenvalue weighted by atomic mass is 9.85. The molecule has 21 heavy (non-hydrogen) atoms. The number of halogens is 1. The SMILES string of the molecule is O=S(=O)(Cc1cccc(Cl)c1)NCC(O)C1CCCCC1. The number of aliphatic hydroxyl groups is 1. The molecule has 4 nitrogen and oxygen atoms in total. The Labute approximate surface area is 131 Å². The highest BCUT2D eigenvalue weighted by Gasteiger charge is 2.23. The van der Waals surface area contributed by atoms with Crippen LogP contribution in [0.5, 0.6) is 0 Å². The first-order valence-corrected chi connectivity index (χ1v) is 9.39. The normalized spacial score (nSPS) is 18.6. The van der Waals surface area contributed by atoms with E-state index in [2.05, 4.69) is 4.72 Å². The number of nitrogens with one attached hydrogen (secondary N) is 1. The quantitative estimate of drug-likeness (QED) is 0.842. The van der Waals surface area contributed by atoms with Crippen LogP contribution in [0.25, 0.3) is 0 Å². The second-order valence-corrected chi connectivity index (χ2v) is 7.95. The van der Waals surface area contributed by atoms with Crippen molar-refractivity contribution >= 4 is 21.6 Å². The molecule has 0 amide bonds. The highest BCUT2D eigenvalue weighted by atomic mass is 35.5. The fourth-order valence-electron chi connectivity index (χ4n) is 2.80. The first-order valence-electron chi connectivity index (χ1n) is 7.36. The molecule has 0 saturated heterocycles. The largest absolute Gasteiger partial charge is 0.391 e. The lowest BCUT2D eigenvalue weighted by Gasteiger charge is -2.26. The van der Waals surface area contributed by atoms with Gasteiger partial charge in [0.2, 0.25) is 10.0 Å². The number of aliphatic hydroxyl groups excluding tert-OH is 1. The van der Waals surface area contributed by atoms with Crippen molar-refractivity contribution in [1.82, 2.24) is 4.72 Å². The molecule has 1 fully saturated rings. The maximum absolute atomic E-state index is 12.0. The fourth-order valence-corrected chi connectivity index (χ4v) is 4.15. The summed E-state index contributed by atoms with van der Waals surface area (Å²) in [5.74, 6) is 0.0953. The number of sulfonamides is 1. The zero-order valence-electron chi connectivity index (χ0n) is 12.0. The summed E-state index contributed by atoms with van der Waals surface area (Å²) in [6.45, 7) is 0.0908. The molecule has 2 rings (SSSR count). The summed E-state index contributed by atoms with van der Waals surface area (Å²) in [6, 6.07) is 6.79. The first kappa shape index (κ1) is 16.7. The van der Waals surface area contributed by atoms with E-state index in [9.17, 15) is 13.5 Å². The summed E-state index contributed by atoms with van der Waals surface area (Å²) in [4.78, 5) is 0. The van der Waals surface area contributed by atoms with Crippen LogP contribution in [0, 0.1) is 5.92 Å². The van der Waals surface area contributed by atoms with Gasteiger partial charge in [-0.25, -0.2) is 13.1 Å². The van der Waals surface area contributed by atoms with Gasteiger partial charge in [0.25, 0.3) is 0 Å². The summed E-state index contributed by atoms with van der Waals surface area (Å²) < 4.78 is 26.6. The Balaban J connectivity index is 1.86. The number of hydrogen-bond donors (Lipinski definition) is 2. The molecule has 0 radical (unpaired) electrons. The van der Waals surface area contributed by atoms with Gasteiger partial charge in [0, 0.05) is 11.6 Å². The minimum atomic E-state index is -3.45. The van der Waals surface area contributed by atoms with Crippen molar-refractivity contribution in [1.29, 1.82) is 0 Å². The van der Waals surface area contributed by atoms with Crippen LogP contribution in [0.1, 0.15) is 37.7 Å². The minimum absolute atomic E-state index is 0.0908. The Morgan fingerprint density at radius 3 is 2.67 bits per heavy atom. The third-order valence-corrected chi connectivity index (χ3v) is 5.51. The summed E-state index contributed by atoms with van der Waals surface area (Å²) in [6.07, 6.45) is 4.82. The van der Waals surface area contributed by atoms with Gasteiger partial charge >= 0.3 is 0 Å². The highest BCUT2D eigenvalue weighted by molar-refractivity contribution is 7.88. The van der Waals surface area contributed by atoms with Crippen molar-refractivity contribution in [2.45, 2.75) is 44.0 Å². The van der Waals surface area contributed by atoms with E-state index in [1.54, 1.807) is 24.3 Å². The van der Waals surface area contributed by atoms with Gasteiger partial charge < -0.3 is 5.11 Å². The molecular formula is C15H22ClNO3S. The van der Waals surface area contributed by atoms with Crippen LogP contribution in [0.3, 0.4) is 0 Å². The fraction of sp³-hybridized carbons (Fsp3) is 0.600. The van der Waals surface area contributed by atoms with Crippen LogP contribution in [0.15, 0.2) is 24.3 Å². The van der Waals surface area contributed by atoms with E-state index in [1.165, 1.54) is 6.42 Å². The van der Waals surface area contributed by atoms with Crippen molar-refractivity contribution < 1.29 is 13.5 Å². The van der Waals surface area contributed by atoms with Crippen LogP contribution in [-0.4, -0.2) is 26.2 Å². The Bertz CT molecular complexity index is 556. The van der Waals surface area contributed by atoms with Gasteiger partial charge in [-0.05, 0) is 36.5 Å². The van der Waals surface area contributed by atoms with Crippen molar-refractivity contribution in [2.24, 2.45) is 5.92 Å². The molecule has 1 aliphatic carbocycles. The van der Waals surface area contributed by atoms with E-state index in [-0.39, 0.29) is 18.2 Å². The molecule has 1 saturated carbocycles. The molecule has 1 atom stereocenters.